The third-order valence-electron chi connectivity index (χ3n) is 3.17. The molecule has 1 aliphatic carbocycles. The zero-order chi connectivity index (χ0) is 12.4. The number of Topliss-reactive ketones (excluding diaryl/α,β-unsaturated/α-hetero) is 1. The maximum atomic E-state index is 12.1. The van der Waals surface area contributed by atoms with Gasteiger partial charge < -0.3 is 9.84 Å². The van der Waals surface area contributed by atoms with Gasteiger partial charge in [0.1, 0.15) is 5.75 Å². The van der Waals surface area contributed by atoms with E-state index in [-0.39, 0.29) is 12.2 Å². The summed E-state index contributed by atoms with van der Waals surface area (Å²) in [6.07, 6.45) is 5.09. The molecule has 0 saturated carbocycles. The smallest absolute Gasteiger partial charge is 0.169 e. The molecule has 1 aliphatic rings. The molecular weight excluding hydrogens is 216 g/mol. The number of carbonyl (C=O) groups is 1. The molecule has 0 amide bonds. The van der Waals surface area contributed by atoms with Crippen molar-refractivity contribution in [3.05, 3.63) is 29.3 Å². The highest BCUT2D eigenvalue weighted by Gasteiger charge is 2.36. The van der Waals surface area contributed by atoms with Gasteiger partial charge in [0, 0.05) is 17.5 Å². The first-order valence-corrected chi connectivity index (χ1v) is 5.50. The van der Waals surface area contributed by atoms with Gasteiger partial charge >= 0.3 is 0 Å². The Balaban J connectivity index is 2.32. The van der Waals surface area contributed by atoms with Crippen LogP contribution in [0.4, 0.5) is 0 Å². The van der Waals surface area contributed by atoms with Gasteiger partial charge in [-0.25, -0.2) is 0 Å². The molecule has 1 aromatic rings. The normalized spacial score (nSPS) is 19.6. The molecular formula is C14H14O3. The lowest BCUT2D eigenvalue weighted by Gasteiger charge is -2.13. The zero-order valence-electron chi connectivity index (χ0n) is 9.64. The second-order valence-electron chi connectivity index (χ2n) is 4.14. The highest BCUT2D eigenvalue weighted by Crippen LogP contribution is 2.35. The topological polar surface area (TPSA) is 46.5 Å². The quantitative estimate of drug-likeness (QED) is 0.799. The fourth-order valence-electron chi connectivity index (χ4n) is 2.28. The highest BCUT2D eigenvalue weighted by molar-refractivity contribution is 6.03. The number of aliphatic hydroxyl groups is 1. The number of methoxy groups -OCH3 is 1. The molecule has 0 fully saturated rings. The number of carbonyl (C=O) groups excluding carboxylic acids is 1. The molecule has 0 radical (unpaired) electrons. The molecule has 0 bridgehead atoms. The van der Waals surface area contributed by atoms with E-state index in [9.17, 15) is 9.90 Å². The van der Waals surface area contributed by atoms with Crippen LogP contribution in [0.25, 0.3) is 0 Å². The Morgan fingerprint density at radius 2 is 2.41 bits per heavy atom. The number of benzene rings is 1. The van der Waals surface area contributed by atoms with Crippen molar-refractivity contribution < 1.29 is 14.6 Å². The van der Waals surface area contributed by atoms with Gasteiger partial charge in [-0.15, -0.1) is 12.3 Å². The average molecular weight is 230 g/mol. The number of ether oxygens (including phenoxy) is 1. The largest absolute Gasteiger partial charge is 0.496 e. The Morgan fingerprint density at radius 3 is 3.06 bits per heavy atom. The maximum absolute atomic E-state index is 12.1. The van der Waals surface area contributed by atoms with Crippen LogP contribution in [0, 0.1) is 18.3 Å². The summed E-state index contributed by atoms with van der Waals surface area (Å²) < 4.78 is 5.22. The van der Waals surface area contributed by atoms with Gasteiger partial charge in [0.15, 0.2) is 5.78 Å². The maximum Gasteiger partial charge on any atom is 0.169 e. The van der Waals surface area contributed by atoms with E-state index in [1.54, 1.807) is 19.2 Å². The predicted molar refractivity (Wildman–Crippen MR) is 64.0 cm³/mol. The molecule has 2 rings (SSSR count). The molecule has 88 valence electrons. The molecule has 1 N–H and O–H groups in total. The second-order valence-corrected chi connectivity index (χ2v) is 4.14. The summed E-state index contributed by atoms with van der Waals surface area (Å²) in [5, 5.41) is 9.85. The molecule has 2 unspecified atom stereocenters. The second kappa shape index (κ2) is 4.60. The van der Waals surface area contributed by atoms with Crippen molar-refractivity contribution >= 4 is 5.78 Å². The number of hydrogen-bond acceptors (Lipinski definition) is 3. The summed E-state index contributed by atoms with van der Waals surface area (Å²) in [5.41, 5.74) is 1.52. The number of hydrogen-bond donors (Lipinski definition) is 1. The van der Waals surface area contributed by atoms with Crippen molar-refractivity contribution in [2.75, 3.05) is 7.11 Å². The molecule has 0 heterocycles. The van der Waals surface area contributed by atoms with Gasteiger partial charge in [-0.1, -0.05) is 12.1 Å². The molecule has 0 saturated heterocycles. The van der Waals surface area contributed by atoms with E-state index in [4.69, 9.17) is 11.2 Å². The molecule has 2 atom stereocenters. The molecule has 0 aromatic heterocycles. The number of fused-ring (bicyclic) bond motifs is 1. The fourth-order valence-corrected chi connectivity index (χ4v) is 2.28. The van der Waals surface area contributed by atoms with Crippen LogP contribution < -0.4 is 4.74 Å². The minimum absolute atomic E-state index is 0.0401. The van der Waals surface area contributed by atoms with Crippen LogP contribution in [0.2, 0.25) is 0 Å². The van der Waals surface area contributed by atoms with E-state index in [0.717, 1.165) is 5.56 Å². The van der Waals surface area contributed by atoms with Gasteiger partial charge in [0.2, 0.25) is 0 Å². The van der Waals surface area contributed by atoms with Crippen molar-refractivity contribution in [3.8, 4) is 18.1 Å². The Morgan fingerprint density at radius 1 is 1.65 bits per heavy atom. The average Bonchev–Trinajstić information content (AvgIpc) is 2.67. The summed E-state index contributed by atoms with van der Waals surface area (Å²) in [4.78, 5) is 12.1. The van der Waals surface area contributed by atoms with E-state index in [1.807, 2.05) is 6.07 Å². The van der Waals surface area contributed by atoms with Crippen LogP contribution in [0.1, 0.15) is 22.3 Å². The van der Waals surface area contributed by atoms with E-state index in [2.05, 4.69) is 5.92 Å². The van der Waals surface area contributed by atoms with Crippen LogP contribution in [-0.2, 0) is 6.42 Å². The lowest BCUT2D eigenvalue weighted by Crippen LogP contribution is -2.25. The molecule has 17 heavy (non-hydrogen) atoms. The van der Waals surface area contributed by atoms with Crippen LogP contribution in [0.3, 0.4) is 0 Å². The molecule has 3 heteroatoms. The van der Waals surface area contributed by atoms with E-state index < -0.39 is 12.0 Å². The summed E-state index contributed by atoms with van der Waals surface area (Å²) in [7, 11) is 1.57. The Kier molecular flexibility index (Phi) is 3.16. The molecule has 0 aliphatic heterocycles. The Hall–Kier alpha value is -1.79. The van der Waals surface area contributed by atoms with Crippen LogP contribution in [-0.4, -0.2) is 24.1 Å². The van der Waals surface area contributed by atoms with Crippen molar-refractivity contribution in [2.45, 2.75) is 18.9 Å². The SMILES string of the molecule is C#CCC(O)C1Cc2c(OC)cccc2C1=O. The number of terminal acetylenes is 1. The monoisotopic (exact) mass is 230 g/mol. The summed E-state index contributed by atoms with van der Waals surface area (Å²) in [6.45, 7) is 0. The summed E-state index contributed by atoms with van der Waals surface area (Å²) in [5.74, 6) is 2.61. The number of rotatable bonds is 3. The van der Waals surface area contributed by atoms with Gasteiger partial charge in [-0.2, -0.15) is 0 Å². The standard InChI is InChI=1S/C14H14O3/c1-3-5-12(15)11-8-10-9(14(11)16)6-4-7-13(10)17-2/h1,4,6-7,11-12,15H,5,8H2,2H3. The van der Waals surface area contributed by atoms with Crippen LogP contribution in [0.5, 0.6) is 5.75 Å². The van der Waals surface area contributed by atoms with Gasteiger partial charge in [-0.05, 0) is 12.5 Å². The third kappa shape index (κ3) is 1.92. The van der Waals surface area contributed by atoms with Crippen molar-refractivity contribution in [3.63, 3.8) is 0 Å². The summed E-state index contributed by atoms with van der Waals surface area (Å²) >= 11 is 0. The van der Waals surface area contributed by atoms with E-state index in [1.165, 1.54) is 0 Å². The van der Waals surface area contributed by atoms with Crippen LogP contribution >= 0.6 is 0 Å². The highest BCUT2D eigenvalue weighted by atomic mass is 16.5. The summed E-state index contributed by atoms with van der Waals surface area (Å²) in [6, 6.07) is 5.37. The van der Waals surface area contributed by atoms with E-state index >= 15 is 0 Å². The fraction of sp³-hybridized carbons (Fsp3) is 0.357. The van der Waals surface area contributed by atoms with Gasteiger partial charge in [0.25, 0.3) is 0 Å². The lowest BCUT2D eigenvalue weighted by atomic mass is 9.96. The van der Waals surface area contributed by atoms with Crippen molar-refractivity contribution in [2.24, 2.45) is 5.92 Å². The first-order chi connectivity index (χ1) is 8.19. The Bertz CT molecular complexity index is 485. The minimum Gasteiger partial charge on any atom is -0.496 e. The Labute approximate surface area is 100 Å². The first kappa shape index (κ1) is 11.7. The van der Waals surface area contributed by atoms with Gasteiger partial charge in [0.05, 0.1) is 19.1 Å². The van der Waals surface area contributed by atoms with E-state index in [0.29, 0.717) is 17.7 Å². The number of ketones is 1. The van der Waals surface area contributed by atoms with Crippen molar-refractivity contribution in [1.82, 2.24) is 0 Å². The molecule has 1 aromatic carbocycles. The van der Waals surface area contributed by atoms with Crippen molar-refractivity contribution in [1.29, 1.82) is 0 Å². The minimum atomic E-state index is -0.774. The third-order valence-corrected chi connectivity index (χ3v) is 3.17. The zero-order valence-corrected chi connectivity index (χ0v) is 9.64. The number of aliphatic hydroxyl groups excluding tert-OH is 1. The molecule has 3 nitrogen and oxygen atoms in total. The molecule has 0 spiro atoms. The lowest BCUT2D eigenvalue weighted by molar-refractivity contribution is 0.0725. The first-order valence-electron chi connectivity index (χ1n) is 5.50. The van der Waals surface area contributed by atoms with Crippen LogP contribution in [0.15, 0.2) is 18.2 Å². The predicted octanol–water partition coefficient (Wildman–Crippen LogP) is 1.43. The van der Waals surface area contributed by atoms with Gasteiger partial charge in [-0.3, -0.25) is 4.79 Å².